The molecule has 0 bridgehead atoms. The largest absolute Gasteiger partial charge is 0.478 e. The number of thiophene rings is 1. The van der Waals surface area contributed by atoms with Crippen LogP contribution in [0.1, 0.15) is 31.1 Å². The molecule has 20 heavy (non-hydrogen) atoms. The maximum atomic E-state index is 11.9. The van der Waals surface area contributed by atoms with E-state index in [9.17, 15) is 9.59 Å². The molecule has 0 saturated carbocycles. The van der Waals surface area contributed by atoms with E-state index in [1.807, 2.05) is 20.8 Å². The van der Waals surface area contributed by atoms with Crippen molar-refractivity contribution in [3.63, 3.8) is 0 Å². The monoisotopic (exact) mass is 300 g/mol. The lowest BCUT2D eigenvalue weighted by molar-refractivity contribution is 0.0698. The summed E-state index contributed by atoms with van der Waals surface area (Å²) in [5.74, 6) is -0.842. The fourth-order valence-corrected chi connectivity index (χ4v) is 2.30. The SMILES string of the molecule is CCOCC(NC(=O)Nc1sccc1C(=O)O)C(C)C. The molecule has 7 heteroatoms. The highest BCUT2D eigenvalue weighted by Crippen LogP contribution is 2.22. The van der Waals surface area contributed by atoms with Gasteiger partial charge in [-0.3, -0.25) is 5.32 Å². The Morgan fingerprint density at radius 3 is 2.70 bits per heavy atom. The molecular weight excluding hydrogens is 280 g/mol. The third-order valence-corrected chi connectivity index (χ3v) is 3.58. The van der Waals surface area contributed by atoms with Crippen LogP contribution >= 0.6 is 11.3 Å². The van der Waals surface area contributed by atoms with Gasteiger partial charge in [-0.1, -0.05) is 13.8 Å². The summed E-state index contributed by atoms with van der Waals surface area (Å²) in [4.78, 5) is 22.9. The molecule has 1 atom stereocenters. The zero-order valence-corrected chi connectivity index (χ0v) is 12.6. The van der Waals surface area contributed by atoms with Gasteiger partial charge in [0.25, 0.3) is 0 Å². The lowest BCUT2D eigenvalue weighted by atomic mass is 10.1. The Morgan fingerprint density at radius 1 is 1.45 bits per heavy atom. The van der Waals surface area contributed by atoms with Crippen LogP contribution in [0.15, 0.2) is 11.4 Å². The quantitative estimate of drug-likeness (QED) is 0.722. The van der Waals surface area contributed by atoms with Gasteiger partial charge in [-0.25, -0.2) is 9.59 Å². The van der Waals surface area contributed by atoms with Crippen LogP contribution in [0, 0.1) is 5.92 Å². The van der Waals surface area contributed by atoms with E-state index >= 15 is 0 Å². The van der Waals surface area contributed by atoms with Gasteiger partial charge in [-0.05, 0) is 24.3 Å². The lowest BCUT2D eigenvalue weighted by Gasteiger charge is -2.22. The minimum Gasteiger partial charge on any atom is -0.478 e. The number of carboxylic acids is 1. The number of aromatic carboxylic acids is 1. The molecule has 0 fully saturated rings. The number of hydrogen-bond donors (Lipinski definition) is 3. The van der Waals surface area contributed by atoms with E-state index < -0.39 is 12.0 Å². The molecule has 3 N–H and O–H groups in total. The summed E-state index contributed by atoms with van der Waals surface area (Å²) in [5, 5.41) is 16.3. The Hall–Kier alpha value is -1.60. The van der Waals surface area contributed by atoms with Crippen LogP contribution in [-0.4, -0.2) is 36.4 Å². The fourth-order valence-electron chi connectivity index (χ4n) is 1.53. The summed E-state index contributed by atoms with van der Waals surface area (Å²) < 4.78 is 5.32. The number of amides is 2. The third-order valence-electron chi connectivity index (χ3n) is 2.75. The smallest absolute Gasteiger partial charge is 0.338 e. The van der Waals surface area contributed by atoms with Crippen LogP contribution in [-0.2, 0) is 4.74 Å². The molecule has 0 saturated heterocycles. The number of carboxylic acid groups (broad SMARTS) is 1. The molecular formula is C13H20N2O4S. The first-order valence-electron chi connectivity index (χ1n) is 6.41. The van der Waals surface area contributed by atoms with E-state index in [0.717, 1.165) is 0 Å². The Bertz CT molecular complexity index is 459. The Morgan fingerprint density at radius 2 is 2.15 bits per heavy atom. The van der Waals surface area contributed by atoms with Gasteiger partial charge in [-0.2, -0.15) is 0 Å². The Kier molecular flexibility index (Phi) is 6.47. The molecule has 1 rings (SSSR count). The highest BCUT2D eigenvalue weighted by molar-refractivity contribution is 7.14. The van der Waals surface area contributed by atoms with Crippen molar-refractivity contribution < 1.29 is 19.4 Å². The number of anilines is 1. The van der Waals surface area contributed by atoms with Crippen LogP contribution in [0.3, 0.4) is 0 Å². The molecule has 1 aromatic rings. The van der Waals surface area contributed by atoms with Crippen molar-refractivity contribution in [2.24, 2.45) is 5.92 Å². The normalized spacial score (nSPS) is 12.2. The van der Waals surface area contributed by atoms with Gasteiger partial charge < -0.3 is 15.2 Å². The average Bonchev–Trinajstić information content (AvgIpc) is 2.82. The standard InChI is InChI=1S/C13H20N2O4S/c1-4-19-7-10(8(2)3)14-13(18)15-11-9(12(16)17)5-6-20-11/h5-6,8,10H,4,7H2,1-3H3,(H,16,17)(H2,14,15,18). The molecule has 2 amide bonds. The Labute approximate surface area is 122 Å². The van der Waals surface area contributed by atoms with Crippen molar-refractivity contribution >= 4 is 28.3 Å². The number of urea groups is 1. The van der Waals surface area contributed by atoms with Crippen molar-refractivity contribution in [2.45, 2.75) is 26.8 Å². The van der Waals surface area contributed by atoms with Crippen LogP contribution in [0.25, 0.3) is 0 Å². The van der Waals surface area contributed by atoms with E-state index in [4.69, 9.17) is 9.84 Å². The van der Waals surface area contributed by atoms with Gasteiger partial charge in [0, 0.05) is 6.61 Å². The first-order chi connectivity index (χ1) is 9.45. The van der Waals surface area contributed by atoms with E-state index in [0.29, 0.717) is 18.2 Å². The molecule has 0 aromatic carbocycles. The number of carbonyl (C=O) groups is 2. The number of rotatable bonds is 7. The summed E-state index contributed by atoms with van der Waals surface area (Å²) >= 11 is 1.18. The minimum atomic E-state index is -1.06. The number of ether oxygens (including phenoxy) is 1. The molecule has 1 aromatic heterocycles. The average molecular weight is 300 g/mol. The second-order valence-corrected chi connectivity index (χ2v) is 5.49. The van der Waals surface area contributed by atoms with Gasteiger partial charge in [-0.15, -0.1) is 11.3 Å². The first kappa shape index (κ1) is 16.5. The van der Waals surface area contributed by atoms with Crippen molar-refractivity contribution in [3.8, 4) is 0 Å². The van der Waals surface area contributed by atoms with Crippen LogP contribution in [0.2, 0.25) is 0 Å². The second kappa shape index (κ2) is 7.86. The maximum Gasteiger partial charge on any atom is 0.338 e. The van der Waals surface area contributed by atoms with E-state index in [-0.39, 0.29) is 17.5 Å². The molecule has 0 radical (unpaired) electrons. The van der Waals surface area contributed by atoms with Crippen molar-refractivity contribution in [3.05, 3.63) is 17.0 Å². The lowest BCUT2D eigenvalue weighted by Crippen LogP contribution is -2.44. The van der Waals surface area contributed by atoms with Gasteiger partial charge >= 0.3 is 12.0 Å². The summed E-state index contributed by atoms with van der Waals surface area (Å²) in [6.45, 7) is 6.87. The third kappa shape index (κ3) is 4.82. The second-order valence-electron chi connectivity index (χ2n) is 4.58. The van der Waals surface area contributed by atoms with Crippen molar-refractivity contribution in [1.29, 1.82) is 0 Å². The molecule has 112 valence electrons. The first-order valence-corrected chi connectivity index (χ1v) is 7.29. The topological polar surface area (TPSA) is 87.7 Å². The summed E-state index contributed by atoms with van der Waals surface area (Å²) in [7, 11) is 0. The van der Waals surface area contributed by atoms with Gasteiger partial charge in [0.1, 0.15) is 5.00 Å². The molecule has 0 aliphatic carbocycles. The number of nitrogens with one attached hydrogen (secondary N) is 2. The van der Waals surface area contributed by atoms with Crippen LogP contribution in [0.4, 0.5) is 9.80 Å². The molecule has 1 unspecified atom stereocenters. The van der Waals surface area contributed by atoms with Crippen molar-refractivity contribution in [2.75, 3.05) is 18.5 Å². The number of carbonyl (C=O) groups excluding carboxylic acids is 1. The van der Waals surface area contributed by atoms with Gasteiger partial charge in [0.05, 0.1) is 18.2 Å². The summed E-state index contributed by atoms with van der Waals surface area (Å²) in [6.07, 6.45) is 0. The van der Waals surface area contributed by atoms with E-state index in [2.05, 4.69) is 10.6 Å². The highest BCUT2D eigenvalue weighted by atomic mass is 32.1. The minimum absolute atomic E-state index is 0.0936. The summed E-state index contributed by atoms with van der Waals surface area (Å²) in [5.41, 5.74) is 0.0936. The van der Waals surface area contributed by atoms with Crippen molar-refractivity contribution in [1.82, 2.24) is 5.32 Å². The molecule has 0 aliphatic heterocycles. The molecule has 0 aliphatic rings. The molecule has 6 nitrogen and oxygen atoms in total. The zero-order valence-electron chi connectivity index (χ0n) is 11.8. The predicted octanol–water partition coefficient (Wildman–Crippen LogP) is 2.63. The highest BCUT2D eigenvalue weighted by Gasteiger charge is 2.18. The maximum absolute atomic E-state index is 11.9. The Balaban J connectivity index is 2.61. The van der Waals surface area contributed by atoms with Crippen LogP contribution < -0.4 is 10.6 Å². The predicted molar refractivity (Wildman–Crippen MR) is 78.6 cm³/mol. The van der Waals surface area contributed by atoms with E-state index in [1.54, 1.807) is 5.38 Å². The van der Waals surface area contributed by atoms with E-state index in [1.165, 1.54) is 17.4 Å². The number of hydrogen-bond acceptors (Lipinski definition) is 4. The molecule has 0 spiro atoms. The fraction of sp³-hybridized carbons (Fsp3) is 0.538. The van der Waals surface area contributed by atoms with Gasteiger partial charge in [0.2, 0.25) is 0 Å². The summed E-state index contributed by atoms with van der Waals surface area (Å²) in [6, 6.07) is 0.916. The van der Waals surface area contributed by atoms with Crippen LogP contribution in [0.5, 0.6) is 0 Å². The van der Waals surface area contributed by atoms with Gasteiger partial charge in [0.15, 0.2) is 0 Å². The molecule has 1 heterocycles. The zero-order chi connectivity index (χ0) is 15.1.